The van der Waals surface area contributed by atoms with Crippen molar-refractivity contribution in [2.75, 3.05) is 20.2 Å². The van der Waals surface area contributed by atoms with Crippen LogP contribution in [0.15, 0.2) is 36.7 Å². The molecule has 3 N–H and O–H groups in total. The van der Waals surface area contributed by atoms with Crippen molar-refractivity contribution in [2.45, 2.75) is 18.4 Å². The van der Waals surface area contributed by atoms with E-state index in [0.29, 0.717) is 34.5 Å². The monoisotopic (exact) mass is 385 g/mol. The van der Waals surface area contributed by atoms with E-state index in [0.717, 1.165) is 29.8 Å². The molecule has 1 saturated heterocycles. The maximum Gasteiger partial charge on any atom is 0.340 e. The third kappa shape index (κ3) is 3.10. The van der Waals surface area contributed by atoms with Crippen molar-refractivity contribution in [3.63, 3.8) is 0 Å². The average molecular weight is 386 g/mol. The molecule has 0 saturated carbocycles. The van der Waals surface area contributed by atoms with Gasteiger partial charge in [0.15, 0.2) is 0 Å². The van der Waals surface area contributed by atoms with Crippen LogP contribution in [0, 0.1) is 0 Å². The SMILES string of the molecule is COC(=O)c1c[nH]c2nccc(-c3ccc(C4(O)CCNCC4)c(Cl)c3)c12. The highest BCUT2D eigenvalue weighted by Gasteiger charge is 2.33. The Hall–Kier alpha value is -2.41. The summed E-state index contributed by atoms with van der Waals surface area (Å²) < 4.78 is 4.88. The first kappa shape index (κ1) is 18.0. The number of rotatable bonds is 3. The Balaban J connectivity index is 1.82. The molecule has 3 aromatic rings. The summed E-state index contributed by atoms with van der Waals surface area (Å²) in [6.45, 7) is 1.51. The van der Waals surface area contributed by atoms with Gasteiger partial charge in [-0.3, -0.25) is 0 Å². The Morgan fingerprint density at radius 2 is 2.07 bits per heavy atom. The van der Waals surface area contributed by atoms with Crippen LogP contribution < -0.4 is 5.32 Å². The molecular weight excluding hydrogens is 366 g/mol. The second-order valence-corrected chi connectivity index (χ2v) is 7.16. The molecular formula is C20H20ClN3O3. The van der Waals surface area contributed by atoms with E-state index in [1.165, 1.54) is 7.11 Å². The first-order valence-electron chi connectivity index (χ1n) is 8.81. The van der Waals surface area contributed by atoms with E-state index in [-0.39, 0.29) is 0 Å². The molecule has 1 aromatic carbocycles. The molecule has 7 heteroatoms. The van der Waals surface area contributed by atoms with Crippen molar-refractivity contribution in [1.82, 2.24) is 15.3 Å². The van der Waals surface area contributed by atoms with E-state index >= 15 is 0 Å². The molecule has 140 valence electrons. The number of methoxy groups -OCH3 is 1. The van der Waals surface area contributed by atoms with Gasteiger partial charge in [0.2, 0.25) is 0 Å². The zero-order valence-corrected chi connectivity index (χ0v) is 15.6. The van der Waals surface area contributed by atoms with Crippen LogP contribution in [0.2, 0.25) is 5.02 Å². The molecule has 0 radical (unpaired) electrons. The first-order chi connectivity index (χ1) is 13.0. The van der Waals surface area contributed by atoms with Crippen LogP contribution in [0.25, 0.3) is 22.2 Å². The van der Waals surface area contributed by atoms with Crippen LogP contribution >= 0.6 is 11.6 Å². The Labute approximate surface area is 161 Å². The number of carbonyl (C=O) groups is 1. The first-order valence-corrected chi connectivity index (χ1v) is 9.19. The number of pyridine rings is 1. The standard InChI is InChI=1S/C20H20ClN3O3/c1-27-19(25)14-11-24-18-17(14)13(4-7-23-18)12-2-3-15(16(21)10-12)20(26)5-8-22-9-6-20/h2-4,7,10-11,22,26H,5-6,8-9H2,1H3,(H,23,24). The van der Waals surface area contributed by atoms with Gasteiger partial charge in [-0.1, -0.05) is 23.7 Å². The molecule has 4 rings (SSSR count). The van der Waals surface area contributed by atoms with Gasteiger partial charge in [-0.2, -0.15) is 0 Å². The van der Waals surface area contributed by atoms with E-state index < -0.39 is 11.6 Å². The third-order valence-corrected chi connectivity index (χ3v) is 5.50. The van der Waals surface area contributed by atoms with Gasteiger partial charge >= 0.3 is 5.97 Å². The number of hydrogen-bond donors (Lipinski definition) is 3. The van der Waals surface area contributed by atoms with Crippen LogP contribution in [0.4, 0.5) is 0 Å². The molecule has 0 amide bonds. The summed E-state index contributed by atoms with van der Waals surface area (Å²) in [5.74, 6) is -0.428. The Morgan fingerprint density at radius 3 is 2.78 bits per heavy atom. The molecule has 0 spiro atoms. The van der Waals surface area contributed by atoms with E-state index in [1.807, 2.05) is 24.3 Å². The number of esters is 1. The normalized spacial score (nSPS) is 16.4. The summed E-state index contributed by atoms with van der Waals surface area (Å²) in [5.41, 5.74) is 2.52. The predicted molar refractivity (Wildman–Crippen MR) is 104 cm³/mol. The van der Waals surface area contributed by atoms with Crippen LogP contribution in [0.1, 0.15) is 28.8 Å². The average Bonchev–Trinajstić information content (AvgIpc) is 3.12. The maximum absolute atomic E-state index is 12.1. The summed E-state index contributed by atoms with van der Waals surface area (Å²) in [7, 11) is 1.35. The number of nitrogens with one attached hydrogen (secondary N) is 2. The highest BCUT2D eigenvalue weighted by Crippen LogP contribution is 2.38. The number of benzene rings is 1. The smallest absolute Gasteiger partial charge is 0.340 e. The second kappa shape index (κ2) is 6.96. The second-order valence-electron chi connectivity index (χ2n) is 6.75. The van der Waals surface area contributed by atoms with Crippen LogP contribution in [0.5, 0.6) is 0 Å². The van der Waals surface area contributed by atoms with Gasteiger partial charge in [-0.05, 0) is 49.2 Å². The highest BCUT2D eigenvalue weighted by molar-refractivity contribution is 6.31. The number of aliphatic hydroxyl groups is 1. The van der Waals surface area contributed by atoms with Crippen molar-refractivity contribution in [3.05, 3.63) is 52.8 Å². The highest BCUT2D eigenvalue weighted by atomic mass is 35.5. The van der Waals surface area contributed by atoms with Crippen molar-refractivity contribution < 1.29 is 14.6 Å². The van der Waals surface area contributed by atoms with E-state index in [4.69, 9.17) is 16.3 Å². The number of nitrogens with zero attached hydrogens (tertiary/aromatic N) is 1. The fourth-order valence-electron chi connectivity index (χ4n) is 3.74. The van der Waals surface area contributed by atoms with Gasteiger partial charge in [-0.25, -0.2) is 9.78 Å². The quantitative estimate of drug-likeness (QED) is 0.602. The minimum Gasteiger partial charge on any atom is -0.465 e. The molecule has 0 bridgehead atoms. The fraction of sp³-hybridized carbons (Fsp3) is 0.300. The van der Waals surface area contributed by atoms with Gasteiger partial charge in [0.25, 0.3) is 0 Å². The molecule has 0 atom stereocenters. The molecule has 27 heavy (non-hydrogen) atoms. The van der Waals surface area contributed by atoms with Gasteiger partial charge < -0.3 is 20.1 Å². The summed E-state index contributed by atoms with van der Waals surface area (Å²) in [6, 6.07) is 7.47. The molecule has 1 aliphatic rings. The molecule has 1 aliphatic heterocycles. The van der Waals surface area contributed by atoms with Crippen molar-refractivity contribution >= 4 is 28.6 Å². The number of halogens is 1. The number of hydrogen-bond acceptors (Lipinski definition) is 5. The number of piperidine rings is 1. The van der Waals surface area contributed by atoms with Crippen LogP contribution in [-0.2, 0) is 10.3 Å². The van der Waals surface area contributed by atoms with E-state index in [2.05, 4.69) is 15.3 Å². The van der Waals surface area contributed by atoms with E-state index in [9.17, 15) is 9.90 Å². The largest absolute Gasteiger partial charge is 0.465 e. The maximum atomic E-state index is 12.1. The fourth-order valence-corrected chi connectivity index (χ4v) is 4.09. The molecule has 1 fully saturated rings. The van der Waals surface area contributed by atoms with Gasteiger partial charge in [-0.15, -0.1) is 0 Å². The van der Waals surface area contributed by atoms with Crippen molar-refractivity contribution in [1.29, 1.82) is 0 Å². The summed E-state index contributed by atoms with van der Waals surface area (Å²) in [5, 5.41) is 15.4. The number of fused-ring (bicyclic) bond motifs is 1. The Morgan fingerprint density at radius 1 is 1.30 bits per heavy atom. The lowest BCUT2D eigenvalue weighted by molar-refractivity contribution is 0.00605. The number of H-pyrrole nitrogens is 1. The number of aromatic amines is 1. The summed E-state index contributed by atoms with van der Waals surface area (Å²) >= 11 is 6.56. The Bertz CT molecular complexity index is 1010. The van der Waals surface area contributed by atoms with Crippen molar-refractivity contribution in [2.24, 2.45) is 0 Å². The lowest BCUT2D eigenvalue weighted by Crippen LogP contribution is -2.39. The van der Waals surface area contributed by atoms with Gasteiger partial charge in [0, 0.05) is 28.4 Å². The topological polar surface area (TPSA) is 87.2 Å². The number of ether oxygens (including phenoxy) is 1. The van der Waals surface area contributed by atoms with E-state index in [1.54, 1.807) is 12.4 Å². The van der Waals surface area contributed by atoms with Crippen molar-refractivity contribution in [3.8, 4) is 11.1 Å². The van der Waals surface area contributed by atoms with Gasteiger partial charge in [0.1, 0.15) is 5.65 Å². The Kier molecular flexibility index (Phi) is 4.63. The molecule has 0 aliphatic carbocycles. The molecule has 0 unspecified atom stereocenters. The summed E-state index contributed by atoms with van der Waals surface area (Å²) in [6.07, 6.45) is 4.52. The lowest BCUT2D eigenvalue weighted by Gasteiger charge is -2.33. The number of aromatic nitrogens is 2. The zero-order valence-electron chi connectivity index (χ0n) is 14.9. The third-order valence-electron chi connectivity index (χ3n) is 5.19. The minimum atomic E-state index is -0.917. The predicted octanol–water partition coefficient (Wildman–Crippen LogP) is 3.24. The molecule has 2 aromatic heterocycles. The van der Waals surface area contributed by atoms with Crippen LogP contribution in [0.3, 0.4) is 0 Å². The van der Waals surface area contributed by atoms with Crippen LogP contribution in [-0.4, -0.2) is 41.2 Å². The lowest BCUT2D eigenvalue weighted by atomic mass is 9.84. The minimum absolute atomic E-state index is 0.424. The zero-order chi connectivity index (χ0) is 19.0. The molecule has 3 heterocycles. The summed E-state index contributed by atoms with van der Waals surface area (Å²) in [4.78, 5) is 19.4. The number of carbonyl (C=O) groups excluding carboxylic acids is 1. The van der Waals surface area contributed by atoms with Gasteiger partial charge in [0.05, 0.1) is 18.3 Å². The molecule has 6 nitrogen and oxygen atoms in total.